The second kappa shape index (κ2) is 7.00. The summed E-state index contributed by atoms with van der Waals surface area (Å²) in [6, 6.07) is 3.41. The Morgan fingerprint density at radius 2 is 2.29 bits per heavy atom. The van der Waals surface area contributed by atoms with Crippen molar-refractivity contribution in [3.8, 4) is 11.5 Å². The highest BCUT2D eigenvalue weighted by molar-refractivity contribution is 6.32. The minimum Gasteiger partial charge on any atom is -0.493 e. The first kappa shape index (κ1) is 15.9. The average Bonchev–Trinajstić information content (AvgIpc) is 2.96. The molecule has 0 saturated carbocycles. The van der Waals surface area contributed by atoms with Crippen LogP contribution in [0.4, 0.5) is 0 Å². The van der Waals surface area contributed by atoms with Crippen molar-refractivity contribution in [3.63, 3.8) is 0 Å². The van der Waals surface area contributed by atoms with Gasteiger partial charge in [0.05, 0.1) is 18.7 Å². The Hall–Kier alpha value is -1.46. The van der Waals surface area contributed by atoms with Crippen LogP contribution in [0.25, 0.3) is 0 Å². The van der Waals surface area contributed by atoms with E-state index >= 15 is 0 Å². The normalized spacial score (nSPS) is 17.9. The monoisotopic (exact) mass is 312 g/mol. The zero-order chi connectivity index (χ0) is 15.4. The number of ether oxygens (including phenoxy) is 2. The van der Waals surface area contributed by atoms with Gasteiger partial charge in [-0.3, -0.25) is 4.79 Å². The third kappa shape index (κ3) is 3.24. The lowest BCUT2D eigenvalue weighted by Crippen LogP contribution is -2.39. The Balaban J connectivity index is 2.31. The molecule has 1 aliphatic heterocycles. The van der Waals surface area contributed by atoms with Gasteiger partial charge in [-0.15, -0.1) is 0 Å². The van der Waals surface area contributed by atoms with Gasteiger partial charge in [-0.1, -0.05) is 11.6 Å². The smallest absolute Gasteiger partial charge is 0.254 e. The predicted molar refractivity (Wildman–Crippen MR) is 82.3 cm³/mol. The molecule has 1 atom stereocenters. The van der Waals surface area contributed by atoms with Crippen molar-refractivity contribution in [2.24, 2.45) is 5.73 Å². The quantitative estimate of drug-likeness (QED) is 0.906. The van der Waals surface area contributed by atoms with E-state index in [2.05, 4.69) is 0 Å². The Kier molecular flexibility index (Phi) is 5.31. The molecule has 1 amide bonds. The average molecular weight is 313 g/mol. The van der Waals surface area contributed by atoms with Crippen LogP contribution in [0.2, 0.25) is 5.02 Å². The van der Waals surface area contributed by atoms with Gasteiger partial charge in [0.1, 0.15) is 0 Å². The van der Waals surface area contributed by atoms with Crippen LogP contribution in [0.1, 0.15) is 30.1 Å². The number of methoxy groups -OCH3 is 1. The maximum absolute atomic E-state index is 12.6. The number of amides is 1. The molecule has 1 aromatic carbocycles. The van der Waals surface area contributed by atoms with Crippen LogP contribution in [0, 0.1) is 0 Å². The van der Waals surface area contributed by atoms with Crippen molar-refractivity contribution in [3.05, 3.63) is 22.7 Å². The molecule has 0 bridgehead atoms. The number of hydrogen-bond acceptors (Lipinski definition) is 4. The molecule has 0 aliphatic carbocycles. The van der Waals surface area contributed by atoms with E-state index in [9.17, 15) is 4.79 Å². The fourth-order valence-electron chi connectivity index (χ4n) is 2.64. The first-order valence-corrected chi connectivity index (χ1v) is 7.51. The minimum absolute atomic E-state index is 0.0637. The molecule has 1 fully saturated rings. The summed E-state index contributed by atoms with van der Waals surface area (Å²) >= 11 is 6.21. The van der Waals surface area contributed by atoms with Crippen molar-refractivity contribution in [1.29, 1.82) is 0 Å². The molecule has 0 radical (unpaired) electrons. The molecule has 2 N–H and O–H groups in total. The number of likely N-dealkylation sites (tertiary alicyclic amines) is 1. The number of benzene rings is 1. The standard InChI is InChI=1S/C15H21ClN2O3/c1-3-21-14-12(16)7-10(8-13(14)20-2)15(19)18-6-4-5-11(18)9-17/h7-8,11H,3-6,9,17H2,1-2H3. The highest BCUT2D eigenvalue weighted by Gasteiger charge is 2.29. The summed E-state index contributed by atoms with van der Waals surface area (Å²) in [6.07, 6.45) is 1.93. The molecule has 5 nitrogen and oxygen atoms in total. The van der Waals surface area contributed by atoms with Gasteiger partial charge in [0, 0.05) is 24.7 Å². The lowest BCUT2D eigenvalue weighted by atomic mass is 10.1. The first-order valence-electron chi connectivity index (χ1n) is 7.13. The molecule has 1 aliphatic rings. The molecule has 0 spiro atoms. The minimum atomic E-state index is -0.0637. The van der Waals surface area contributed by atoms with Crippen LogP contribution in [-0.2, 0) is 0 Å². The van der Waals surface area contributed by atoms with Crippen molar-refractivity contribution in [2.75, 3.05) is 26.8 Å². The van der Waals surface area contributed by atoms with Crippen LogP contribution >= 0.6 is 11.6 Å². The Morgan fingerprint density at radius 3 is 2.90 bits per heavy atom. The highest BCUT2D eigenvalue weighted by atomic mass is 35.5. The molecule has 1 aromatic rings. The van der Waals surface area contributed by atoms with Crippen LogP contribution in [0.15, 0.2) is 12.1 Å². The van der Waals surface area contributed by atoms with E-state index in [1.54, 1.807) is 12.1 Å². The van der Waals surface area contributed by atoms with E-state index in [-0.39, 0.29) is 11.9 Å². The molecule has 0 aromatic heterocycles. The third-order valence-electron chi connectivity index (χ3n) is 3.68. The number of rotatable bonds is 5. The maximum Gasteiger partial charge on any atom is 0.254 e. The van der Waals surface area contributed by atoms with E-state index in [1.165, 1.54) is 7.11 Å². The van der Waals surface area contributed by atoms with E-state index in [1.807, 2.05) is 11.8 Å². The molecule has 1 saturated heterocycles. The van der Waals surface area contributed by atoms with Gasteiger partial charge in [-0.2, -0.15) is 0 Å². The van der Waals surface area contributed by atoms with Crippen LogP contribution in [0.3, 0.4) is 0 Å². The van der Waals surface area contributed by atoms with Gasteiger partial charge < -0.3 is 20.1 Å². The summed E-state index contributed by atoms with van der Waals surface area (Å²) in [5.41, 5.74) is 6.23. The van der Waals surface area contributed by atoms with Crippen LogP contribution in [-0.4, -0.2) is 43.7 Å². The van der Waals surface area contributed by atoms with Gasteiger partial charge in [-0.25, -0.2) is 0 Å². The highest BCUT2D eigenvalue weighted by Crippen LogP contribution is 2.37. The molecular weight excluding hydrogens is 292 g/mol. The topological polar surface area (TPSA) is 64.8 Å². The first-order chi connectivity index (χ1) is 10.1. The van der Waals surface area contributed by atoms with Crippen molar-refractivity contribution in [1.82, 2.24) is 4.90 Å². The van der Waals surface area contributed by atoms with Crippen molar-refractivity contribution in [2.45, 2.75) is 25.8 Å². The van der Waals surface area contributed by atoms with E-state index in [4.69, 9.17) is 26.8 Å². The summed E-state index contributed by atoms with van der Waals surface area (Å²) in [5, 5.41) is 0.378. The van der Waals surface area contributed by atoms with Gasteiger partial charge in [0.25, 0.3) is 5.91 Å². The largest absolute Gasteiger partial charge is 0.493 e. The zero-order valence-electron chi connectivity index (χ0n) is 12.4. The predicted octanol–water partition coefficient (Wildman–Crippen LogP) is 2.31. The fraction of sp³-hybridized carbons (Fsp3) is 0.533. The lowest BCUT2D eigenvalue weighted by molar-refractivity contribution is 0.0740. The van der Waals surface area contributed by atoms with Gasteiger partial charge >= 0.3 is 0 Å². The number of halogens is 1. The van der Waals surface area contributed by atoms with Crippen LogP contribution in [0.5, 0.6) is 11.5 Å². The maximum atomic E-state index is 12.6. The number of carbonyl (C=O) groups excluding carboxylic acids is 1. The van der Waals surface area contributed by atoms with E-state index in [0.717, 1.165) is 19.4 Å². The second-order valence-electron chi connectivity index (χ2n) is 4.95. The van der Waals surface area contributed by atoms with E-state index < -0.39 is 0 Å². The summed E-state index contributed by atoms with van der Waals surface area (Å²) < 4.78 is 10.7. The van der Waals surface area contributed by atoms with Crippen molar-refractivity contribution < 1.29 is 14.3 Å². The Morgan fingerprint density at radius 1 is 1.52 bits per heavy atom. The zero-order valence-corrected chi connectivity index (χ0v) is 13.2. The SMILES string of the molecule is CCOc1c(Cl)cc(C(=O)N2CCCC2CN)cc1OC. The van der Waals surface area contributed by atoms with Gasteiger partial charge in [0.2, 0.25) is 0 Å². The Bertz CT molecular complexity index is 522. The Labute approximate surface area is 130 Å². The number of carbonyl (C=O) groups is 1. The lowest BCUT2D eigenvalue weighted by Gasteiger charge is -2.24. The summed E-state index contributed by atoms with van der Waals surface area (Å²) in [4.78, 5) is 14.4. The fourth-order valence-corrected chi connectivity index (χ4v) is 2.91. The number of nitrogens with zero attached hydrogens (tertiary/aromatic N) is 1. The molecular formula is C15H21ClN2O3. The number of nitrogens with two attached hydrogens (primary N) is 1. The third-order valence-corrected chi connectivity index (χ3v) is 3.96. The molecule has 2 rings (SSSR count). The molecule has 1 unspecified atom stereocenters. The molecule has 21 heavy (non-hydrogen) atoms. The van der Waals surface area contributed by atoms with Crippen LogP contribution < -0.4 is 15.2 Å². The molecule has 1 heterocycles. The van der Waals surface area contributed by atoms with Gasteiger partial charge in [-0.05, 0) is 31.9 Å². The molecule has 116 valence electrons. The van der Waals surface area contributed by atoms with Gasteiger partial charge in [0.15, 0.2) is 11.5 Å². The number of hydrogen-bond donors (Lipinski definition) is 1. The van der Waals surface area contributed by atoms with E-state index in [0.29, 0.717) is 35.2 Å². The summed E-state index contributed by atoms with van der Waals surface area (Å²) in [6.45, 7) is 3.55. The second-order valence-corrected chi connectivity index (χ2v) is 5.36. The van der Waals surface area contributed by atoms with Crippen molar-refractivity contribution >= 4 is 17.5 Å². The summed E-state index contributed by atoms with van der Waals surface area (Å²) in [5.74, 6) is 0.873. The molecule has 6 heteroatoms. The summed E-state index contributed by atoms with van der Waals surface area (Å²) in [7, 11) is 1.53.